The summed E-state index contributed by atoms with van der Waals surface area (Å²) in [5, 5.41) is 5.60. The number of imidazole rings is 1. The fourth-order valence-corrected chi connectivity index (χ4v) is 3.68. The number of nitrogens with one attached hydrogen (secondary N) is 2. The molecular weight excluding hydrogens is 439 g/mol. The second kappa shape index (κ2) is 8.54. The quantitative estimate of drug-likeness (QED) is 0.432. The molecule has 0 radical (unpaired) electrons. The molecule has 1 atom stereocenters. The van der Waals surface area contributed by atoms with Crippen LogP contribution in [-0.2, 0) is 6.18 Å². The van der Waals surface area contributed by atoms with Gasteiger partial charge in [0.05, 0.1) is 11.6 Å². The van der Waals surface area contributed by atoms with Crippen molar-refractivity contribution in [2.75, 3.05) is 17.7 Å². The van der Waals surface area contributed by atoms with Crippen molar-refractivity contribution in [2.24, 2.45) is 5.73 Å². The molecule has 3 heterocycles. The zero-order chi connectivity index (χ0) is 23.8. The summed E-state index contributed by atoms with van der Waals surface area (Å²) in [4.78, 5) is 32.8. The highest BCUT2D eigenvalue weighted by atomic mass is 19.4. The summed E-state index contributed by atoms with van der Waals surface area (Å²) in [6, 6.07) is 7.46. The average Bonchev–Trinajstić information content (AvgIpc) is 3.41. The summed E-state index contributed by atoms with van der Waals surface area (Å²) in [6.07, 6.45) is -1.83. The van der Waals surface area contributed by atoms with Crippen LogP contribution in [0.1, 0.15) is 51.1 Å². The monoisotopic (exact) mass is 459 g/mol. The van der Waals surface area contributed by atoms with E-state index in [-0.39, 0.29) is 28.8 Å². The van der Waals surface area contributed by atoms with Crippen molar-refractivity contribution in [1.29, 1.82) is 0 Å². The van der Waals surface area contributed by atoms with Gasteiger partial charge in [-0.05, 0) is 43.7 Å². The summed E-state index contributed by atoms with van der Waals surface area (Å²) < 4.78 is 39.8. The number of nitrogens with zero attached hydrogens (tertiary/aromatic N) is 3. The fourth-order valence-electron chi connectivity index (χ4n) is 3.68. The second-order valence-electron chi connectivity index (χ2n) is 7.51. The van der Waals surface area contributed by atoms with Crippen LogP contribution in [0.15, 0.2) is 42.6 Å². The Balaban J connectivity index is 1.58. The first-order chi connectivity index (χ1) is 15.6. The minimum absolute atomic E-state index is 0.0315. The molecule has 9 nitrogen and oxygen atoms in total. The minimum Gasteiger partial charge on any atom is -0.364 e. The maximum Gasteiger partial charge on any atom is 0.416 e. The summed E-state index contributed by atoms with van der Waals surface area (Å²) in [7, 11) is 0. The third-order valence-electron chi connectivity index (χ3n) is 5.29. The van der Waals surface area contributed by atoms with Gasteiger partial charge in [0.1, 0.15) is 17.3 Å². The number of benzene rings is 1. The van der Waals surface area contributed by atoms with Crippen LogP contribution in [0.4, 0.5) is 19.0 Å². The Morgan fingerprint density at radius 3 is 2.52 bits per heavy atom. The number of alkyl halides is 3. The molecule has 12 heteroatoms. The van der Waals surface area contributed by atoms with Crippen molar-refractivity contribution in [3.63, 3.8) is 0 Å². The molecule has 33 heavy (non-hydrogen) atoms. The van der Waals surface area contributed by atoms with Gasteiger partial charge in [-0.15, -0.1) is 0 Å². The summed E-state index contributed by atoms with van der Waals surface area (Å²) in [6.45, 7) is 0.809. The number of amides is 2. The van der Waals surface area contributed by atoms with Gasteiger partial charge in [0.15, 0.2) is 5.69 Å². The first kappa shape index (κ1) is 22.3. The zero-order valence-corrected chi connectivity index (χ0v) is 17.2. The van der Waals surface area contributed by atoms with E-state index in [1.54, 1.807) is 12.1 Å². The van der Waals surface area contributed by atoms with Crippen LogP contribution in [0.5, 0.6) is 0 Å². The highest BCUT2D eigenvalue weighted by Crippen LogP contribution is 2.31. The number of anilines is 1. The molecule has 0 spiro atoms. The van der Waals surface area contributed by atoms with Crippen LogP contribution >= 0.6 is 0 Å². The zero-order valence-electron chi connectivity index (χ0n) is 17.2. The number of halogens is 3. The molecule has 0 saturated carbocycles. The van der Waals surface area contributed by atoms with E-state index in [2.05, 4.69) is 20.6 Å². The molecule has 0 aliphatic carbocycles. The van der Waals surface area contributed by atoms with E-state index in [0.29, 0.717) is 11.4 Å². The number of carbonyl (C=O) groups is 2. The topological polar surface area (TPSA) is 141 Å². The van der Waals surface area contributed by atoms with Gasteiger partial charge >= 0.3 is 6.18 Å². The number of hydrogen-bond donors (Lipinski definition) is 4. The van der Waals surface area contributed by atoms with Crippen LogP contribution < -0.4 is 22.2 Å². The number of carbonyl (C=O) groups excluding carboxylic acids is 2. The number of rotatable bonds is 5. The number of primary amides is 1. The van der Waals surface area contributed by atoms with Gasteiger partial charge in [-0.25, -0.2) is 14.6 Å². The van der Waals surface area contributed by atoms with E-state index >= 15 is 0 Å². The second-order valence-corrected chi connectivity index (χ2v) is 7.51. The van der Waals surface area contributed by atoms with Gasteiger partial charge in [-0.1, -0.05) is 12.1 Å². The number of aromatic nitrogens is 3. The Morgan fingerprint density at radius 2 is 1.91 bits per heavy atom. The lowest BCUT2D eigenvalue weighted by atomic mass is 10.1. The predicted molar refractivity (Wildman–Crippen MR) is 114 cm³/mol. The highest BCUT2D eigenvalue weighted by molar-refractivity contribution is 6.04. The third kappa shape index (κ3) is 4.51. The molecule has 2 amide bonds. The van der Waals surface area contributed by atoms with Crippen molar-refractivity contribution >= 4 is 17.6 Å². The van der Waals surface area contributed by atoms with Crippen molar-refractivity contribution in [3.8, 4) is 11.3 Å². The van der Waals surface area contributed by atoms with E-state index in [1.807, 2.05) is 0 Å². The number of pyridine rings is 1. The molecule has 1 aliphatic heterocycles. The summed E-state index contributed by atoms with van der Waals surface area (Å²) in [5.74, 6) is 4.94. The molecule has 0 bridgehead atoms. The Labute approximate surface area is 186 Å². The van der Waals surface area contributed by atoms with E-state index in [9.17, 15) is 22.8 Å². The van der Waals surface area contributed by atoms with Crippen LogP contribution in [0.25, 0.3) is 11.3 Å². The van der Waals surface area contributed by atoms with E-state index in [0.717, 1.165) is 37.7 Å². The van der Waals surface area contributed by atoms with Gasteiger partial charge in [0.25, 0.3) is 11.8 Å². The minimum atomic E-state index is -4.55. The van der Waals surface area contributed by atoms with Crippen molar-refractivity contribution in [3.05, 3.63) is 65.2 Å². The van der Waals surface area contributed by atoms with Crippen molar-refractivity contribution in [2.45, 2.75) is 25.1 Å². The standard InChI is InChI=1S/C21H20F3N7O2/c22-21(23,24)13-7-9-28-15(10-13)29-20(33)12-5-3-11(4-6-12)16-17(18(25)32)31(26)19(30-16)14-2-1-8-27-14/h3-7,9-10,14,27H,1-2,8,26H2,(H2,25,32)(H,28,29,33). The van der Waals surface area contributed by atoms with Gasteiger partial charge in [0.2, 0.25) is 0 Å². The number of nitrogen functional groups attached to an aromatic ring is 1. The van der Waals surface area contributed by atoms with Gasteiger partial charge in [-0.3, -0.25) is 9.59 Å². The lowest BCUT2D eigenvalue weighted by molar-refractivity contribution is -0.137. The molecule has 1 aromatic carbocycles. The van der Waals surface area contributed by atoms with Crippen molar-refractivity contribution < 1.29 is 22.8 Å². The molecule has 1 fully saturated rings. The largest absolute Gasteiger partial charge is 0.416 e. The lowest BCUT2D eigenvalue weighted by Crippen LogP contribution is -2.27. The molecule has 1 aliphatic rings. The molecule has 2 aromatic heterocycles. The molecule has 172 valence electrons. The van der Waals surface area contributed by atoms with Gasteiger partial charge in [0, 0.05) is 17.3 Å². The van der Waals surface area contributed by atoms with Gasteiger partial charge in [-0.2, -0.15) is 13.2 Å². The molecule has 1 saturated heterocycles. The van der Waals surface area contributed by atoms with Crippen LogP contribution in [0, 0.1) is 0 Å². The molecular formula is C21H20F3N7O2. The number of nitrogens with two attached hydrogens (primary N) is 2. The predicted octanol–water partition coefficient (Wildman–Crippen LogP) is 2.45. The highest BCUT2D eigenvalue weighted by Gasteiger charge is 2.31. The first-order valence-electron chi connectivity index (χ1n) is 10.0. The Bertz CT molecular complexity index is 1200. The SMILES string of the molecule is NC(=O)c1c(-c2ccc(C(=O)Nc3cc(C(F)(F)F)ccn3)cc2)nc(C2CCCN2)n1N. The third-order valence-corrected chi connectivity index (χ3v) is 5.29. The average molecular weight is 459 g/mol. The molecule has 4 rings (SSSR count). The van der Waals surface area contributed by atoms with Crippen LogP contribution in [0.3, 0.4) is 0 Å². The van der Waals surface area contributed by atoms with Gasteiger partial charge < -0.3 is 22.2 Å². The van der Waals surface area contributed by atoms with E-state index in [4.69, 9.17) is 11.6 Å². The molecule has 6 N–H and O–H groups in total. The Morgan fingerprint density at radius 1 is 1.18 bits per heavy atom. The summed E-state index contributed by atoms with van der Waals surface area (Å²) in [5.41, 5.74) is 5.58. The maximum absolute atomic E-state index is 12.9. The molecule has 3 aromatic rings. The Kier molecular flexibility index (Phi) is 5.77. The van der Waals surface area contributed by atoms with Crippen LogP contribution in [0.2, 0.25) is 0 Å². The maximum atomic E-state index is 12.9. The lowest BCUT2D eigenvalue weighted by Gasteiger charge is -2.09. The smallest absolute Gasteiger partial charge is 0.364 e. The molecule has 1 unspecified atom stereocenters. The van der Waals surface area contributed by atoms with Crippen molar-refractivity contribution in [1.82, 2.24) is 20.0 Å². The van der Waals surface area contributed by atoms with Crippen LogP contribution in [-0.4, -0.2) is 33.0 Å². The Hall–Kier alpha value is -3.93. The van der Waals surface area contributed by atoms with E-state index in [1.165, 1.54) is 16.8 Å². The number of hydrogen-bond acceptors (Lipinski definition) is 6. The van der Waals surface area contributed by atoms with E-state index < -0.39 is 23.6 Å². The normalized spacial score (nSPS) is 16.0. The first-order valence-corrected chi connectivity index (χ1v) is 10.0. The fraction of sp³-hybridized carbons (Fsp3) is 0.238. The summed E-state index contributed by atoms with van der Waals surface area (Å²) >= 11 is 0.